The van der Waals surface area contributed by atoms with Crippen molar-refractivity contribution in [3.05, 3.63) is 0 Å². The predicted molar refractivity (Wildman–Crippen MR) is 210 cm³/mol. The lowest BCUT2D eigenvalue weighted by atomic mass is 10.0. The molecule has 0 amide bonds. The summed E-state index contributed by atoms with van der Waals surface area (Å²) in [6, 6.07) is 0. The van der Waals surface area contributed by atoms with Crippen LogP contribution in [0.2, 0.25) is 0 Å². The van der Waals surface area contributed by atoms with E-state index < -0.39 is 6.10 Å². The Balaban J connectivity index is 4.14. The molecule has 0 rings (SSSR count). The van der Waals surface area contributed by atoms with Crippen molar-refractivity contribution in [3.8, 4) is 0 Å². The van der Waals surface area contributed by atoms with E-state index in [-0.39, 0.29) is 31.1 Å². The molecule has 50 heavy (non-hydrogen) atoms. The molecule has 0 aromatic carbocycles. The minimum absolute atomic E-state index is 0.0675. The van der Waals surface area contributed by atoms with Gasteiger partial charge in [-0.1, -0.05) is 195 Å². The molecule has 0 spiro atoms. The maximum absolute atomic E-state index is 12.6. The number of hydrogen-bond acceptors (Lipinski definition) is 6. The second-order valence-corrected chi connectivity index (χ2v) is 15.9. The van der Waals surface area contributed by atoms with Crippen LogP contribution in [0.5, 0.6) is 0 Å². The Morgan fingerprint density at radius 1 is 0.380 bits per heavy atom. The third-order valence-corrected chi connectivity index (χ3v) is 9.72. The number of ether oxygens (including phenoxy) is 3. The molecule has 0 aromatic rings. The molecule has 0 heterocycles. The van der Waals surface area contributed by atoms with Crippen LogP contribution in [0.3, 0.4) is 0 Å². The average molecular weight is 709 g/mol. The summed E-state index contributed by atoms with van der Waals surface area (Å²) in [5.41, 5.74) is 0. The van der Waals surface area contributed by atoms with E-state index in [4.69, 9.17) is 14.2 Å². The Bertz CT molecular complexity index is 764. The molecule has 0 saturated heterocycles. The number of esters is 3. The molecular weight excluding hydrogens is 624 g/mol. The molecule has 1 atom stereocenters. The van der Waals surface area contributed by atoms with Gasteiger partial charge in [0.2, 0.25) is 0 Å². The van der Waals surface area contributed by atoms with Crippen LogP contribution >= 0.6 is 0 Å². The van der Waals surface area contributed by atoms with Crippen molar-refractivity contribution in [2.24, 2.45) is 11.8 Å². The summed E-state index contributed by atoms with van der Waals surface area (Å²) < 4.78 is 16.6. The van der Waals surface area contributed by atoms with Gasteiger partial charge in [-0.2, -0.15) is 0 Å². The van der Waals surface area contributed by atoms with Gasteiger partial charge >= 0.3 is 17.9 Å². The first-order chi connectivity index (χ1) is 24.2. The van der Waals surface area contributed by atoms with Crippen LogP contribution < -0.4 is 0 Å². The first kappa shape index (κ1) is 48.4. The largest absolute Gasteiger partial charge is 0.462 e. The lowest BCUT2D eigenvalue weighted by Gasteiger charge is -2.18. The zero-order valence-corrected chi connectivity index (χ0v) is 34.0. The minimum Gasteiger partial charge on any atom is -0.462 e. The number of unbranched alkanes of at least 4 members (excludes halogenated alkanes) is 23. The van der Waals surface area contributed by atoms with Crippen LogP contribution in [0.1, 0.15) is 234 Å². The van der Waals surface area contributed by atoms with Gasteiger partial charge in [-0.15, -0.1) is 0 Å². The van der Waals surface area contributed by atoms with Crippen molar-refractivity contribution in [3.63, 3.8) is 0 Å². The van der Waals surface area contributed by atoms with Crippen LogP contribution in [-0.2, 0) is 28.6 Å². The minimum atomic E-state index is -0.758. The third kappa shape index (κ3) is 37.7. The Morgan fingerprint density at radius 2 is 0.660 bits per heavy atom. The van der Waals surface area contributed by atoms with Crippen molar-refractivity contribution < 1.29 is 28.6 Å². The lowest BCUT2D eigenvalue weighted by molar-refractivity contribution is -0.167. The van der Waals surface area contributed by atoms with Gasteiger partial charge in [0.05, 0.1) is 0 Å². The van der Waals surface area contributed by atoms with Crippen molar-refractivity contribution >= 4 is 17.9 Å². The first-order valence-corrected chi connectivity index (χ1v) is 21.7. The first-order valence-electron chi connectivity index (χ1n) is 21.7. The van der Waals surface area contributed by atoms with E-state index in [0.29, 0.717) is 19.3 Å². The van der Waals surface area contributed by atoms with Gasteiger partial charge < -0.3 is 14.2 Å². The molecule has 0 aromatic heterocycles. The molecule has 0 bridgehead atoms. The van der Waals surface area contributed by atoms with E-state index in [1.807, 2.05) is 0 Å². The summed E-state index contributed by atoms with van der Waals surface area (Å²) in [4.78, 5) is 37.3. The number of rotatable bonds is 38. The van der Waals surface area contributed by atoms with E-state index >= 15 is 0 Å². The second kappa shape index (κ2) is 37.2. The van der Waals surface area contributed by atoms with Crippen molar-refractivity contribution in [1.82, 2.24) is 0 Å². The summed E-state index contributed by atoms with van der Waals surface area (Å²) in [6.45, 7) is 11.2. The fourth-order valence-corrected chi connectivity index (χ4v) is 6.40. The average Bonchev–Trinajstić information content (AvgIpc) is 3.08. The molecular formula is C44H84O6. The molecule has 0 radical (unpaired) electrons. The monoisotopic (exact) mass is 709 g/mol. The predicted octanol–water partition coefficient (Wildman–Crippen LogP) is 13.4. The fourth-order valence-electron chi connectivity index (χ4n) is 6.40. The molecule has 0 saturated carbocycles. The number of hydrogen-bond donors (Lipinski definition) is 0. The lowest BCUT2D eigenvalue weighted by Crippen LogP contribution is -2.30. The highest BCUT2D eigenvalue weighted by molar-refractivity contribution is 5.71. The Labute approximate surface area is 310 Å². The standard InChI is InChI=1S/C44H84O6/c1-6-7-8-22-29-34-42(45)48-37-41(38-49-43(46)35-30-25-21-20-24-28-33-40(4)5)50-44(47)36-31-26-19-17-15-13-11-9-10-12-14-16-18-23-27-32-39(2)3/h39-41H,6-38H2,1-5H3/t41-/m0/s1. The van der Waals surface area contributed by atoms with Gasteiger partial charge in [-0.3, -0.25) is 14.4 Å². The summed E-state index contributed by atoms with van der Waals surface area (Å²) in [6.07, 6.45) is 34.2. The van der Waals surface area contributed by atoms with E-state index in [0.717, 1.165) is 76.0 Å². The van der Waals surface area contributed by atoms with Gasteiger partial charge in [0.1, 0.15) is 13.2 Å². The molecule has 0 aliphatic carbocycles. The van der Waals surface area contributed by atoms with Crippen molar-refractivity contribution in [2.45, 2.75) is 240 Å². The van der Waals surface area contributed by atoms with Crippen LogP contribution in [-0.4, -0.2) is 37.2 Å². The molecule has 0 aliphatic heterocycles. The zero-order valence-electron chi connectivity index (χ0n) is 34.0. The van der Waals surface area contributed by atoms with Crippen molar-refractivity contribution in [1.29, 1.82) is 0 Å². The van der Waals surface area contributed by atoms with Gasteiger partial charge in [-0.25, -0.2) is 0 Å². The van der Waals surface area contributed by atoms with E-state index in [2.05, 4.69) is 34.6 Å². The van der Waals surface area contributed by atoms with Crippen LogP contribution in [0.25, 0.3) is 0 Å². The Morgan fingerprint density at radius 3 is 0.980 bits per heavy atom. The number of carbonyl (C=O) groups is 3. The summed E-state index contributed by atoms with van der Waals surface area (Å²) in [5, 5.41) is 0. The van der Waals surface area contributed by atoms with Gasteiger partial charge in [0.25, 0.3) is 0 Å². The molecule has 0 fully saturated rings. The summed E-state index contributed by atoms with van der Waals surface area (Å²) >= 11 is 0. The Kier molecular flexibility index (Phi) is 36.0. The third-order valence-electron chi connectivity index (χ3n) is 9.72. The van der Waals surface area contributed by atoms with Gasteiger partial charge in [0.15, 0.2) is 6.10 Å². The smallest absolute Gasteiger partial charge is 0.306 e. The molecule has 6 heteroatoms. The van der Waals surface area contributed by atoms with Crippen molar-refractivity contribution in [2.75, 3.05) is 13.2 Å². The van der Waals surface area contributed by atoms with Crippen LogP contribution in [0.4, 0.5) is 0 Å². The highest BCUT2D eigenvalue weighted by atomic mass is 16.6. The highest BCUT2D eigenvalue weighted by Crippen LogP contribution is 2.16. The summed E-state index contributed by atoms with van der Waals surface area (Å²) in [7, 11) is 0. The number of carbonyl (C=O) groups excluding carboxylic acids is 3. The van der Waals surface area contributed by atoms with E-state index in [1.54, 1.807) is 0 Å². The maximum Gasteiger partial charge on any atom is 0.306 e. The normalized spacial score (nSPS) is 12.1. The Hall–Kier alpha value is -1.59. The highest BCUT2D eigenvalue weighted by Gasteiger charge is 2.19. The molecule has 0 N–H and O–H groups in total. The second-order valence-electron chi connectivity index (χ2n) is 15.9. The molecule has 6 nitrogen and oxygen atoms in total. The van der Waals surface area contributed by atoms with Crippen LogP contribution in [0.15, 0.2) is 0 Å². The maximum atomic E-state index is 12.6. The SMILES string of the molecule is CCCCCCCC(=O)OC[C@@H](COC(=O)CCCCCCCCC(C)C)OC(=O)CCCCCCCCCCCCCCCCCC(C)C. The quantitative estimate of drug-likeness (QED) is 0.0361. The van der Waals surface area contributed by atoms with Gasteiger partial charge in [-0.05, 0) is 31.1 Å². The van der Waals surface area contributed by atoms with E-state index in [9.17, 15) is 14.4 Å². The molecule has 0 unspecified atom stereocenters. The van der Waals surface area contributed by atoms with Crippen LogP contribution in [0, 0.1) is 11.8 Å². The summed E-state index contributed by atoms with van der Waals surface area (Å²) in [5.74, 6) is 0.733. The fraction of sp³-hybridized carbons (Fsp3) is 0.932. The van der Waals surface area contributed by atoms with E-state index in [1.165, 1.54) is 116 Å². The zero-order chi connectivity index (χ0) is 36.9. The molecule has 296 valence electrons. The van der Waals surface area contributed by atoms with Gasteiger partial charge in [0, 0.05) is 19.3 Å². The topological polar surface area (TPSA) is 78.9 Å². The molecule has 0 aliphatic rings.